The number of nitrogens with one attached hydrogen (secondary N) is 1. The number of carbonyl (C=O) groups is 2. The Morgan fingerprint density at radius 2 is 2.22 bits per heavy atom. The Kier molecular flexibility index (Phi) is 5.98. The van der Waals surface area contributed by atoms with Gasteiger partial charge in [0, 0.05) is 12.5 Å². The van der Waals surface area contributed by atoms with Crippen molar-refractivity contribution in [1.82, 2.24) is 5.32 Å². The fraction of sp³-hybridized carbons (Fsp3) is 0.529. The summed E-state index contributed by atoms with van der Waals surface area (Å²) in [5.74, 6) is -1.06. The second-order valence-corrected chi connectivity index (χ2v) is 5.92. The third-order valence-electron chi connectivity index (χ3n) is 3.94. The molecule has 1 aromatic rings. The fourth-order valence-electron chi connectivity index (χ4n) is 2.73. The van der Waals surface area contributed by atoms with E-state index in [0.29, 0.717) is 19.0 Å². The van der Waals surface area contributed by atoms with E-state index in [0.717, 1.165) is 24.0 Å². The van der Waals surface area contributed by atoms with Crippen LogP contribution in [0.5, 0.6) is 5.75 Å². The first-order chi connectivity index (χ1) is 11.0. The van der Waals surface area contributed by atoms with Gasteiger partial charge in [-0.1, -0.05) is 17.7 Å². The van der Waals surface area contributed by atoms with Gasteiger partial charge in [-0.25, -0.2) is 4.79 Å². The summed E-state index contributed by atoms with van der Waals surface area (Å²) in [6.45, 7) is 4.68. The van der Waals surface area contributed by atoms with Crippen LogP contribution in [0.4, 0.5) is 0 Å². The zero-order chi connectivity index (χ0) is 16.8. The van der Waals surface area contributed by atoms with Gasteiger partial charge < -0.3 is 19.9 Å². The maximum absolute atomic E-state index is 12.0. The molecule has 2 unspecified atom stereocenters. The minimum atomic E-state index is -1.04. The van der Waals surface area contributed by atoms with Crippen molar-refractivity contribution in [3.8, 4) is 5.75 Å². The van der Waals surface area contributed by atoms with E-state index >= 15 is 0 Å². The van der Waals surface area contributed by atoms with Crippen LogP contribution in [0.1, 0.15) is 24.0 Å². The summed E-state index contributed by atoms with van der Waals surface area (Å²) in [5.41, 5.74) is 2.05. The molecule has 1 saturated heterocycles. The molecule has 0 aliphatic carbocycles. The molecule has 6 heteroatoms. The van der Waals surface area contributed by atoms with Gasteiger partial charge in [0.05, 0.1) is 6.61 Å². The van der Waals surface area contributed by atoms with Gasteiger partial charge in [0.15, 0.2) is 6.61 Å². The summed E-state index contributed by atoms with van der Waals surface area (Å²) in [6.07, 6.45) is 1.54. The van der Waals surface area contributed by atoms with Gasteiger partial charge in [-0.15, -0.1) is 0 Å². The average Bonchev–Trinajstić information content (AvgIpc) is 2.52. The van der Waals surface area contributed by atoms with E-state index in [1.165, 1.54) is 0 Å². The molecule has 2 rings (SSSR count). The molecule has 2 atom stereocenters. The number of carbonyl (C=O) groups excluding carboxylic acids is 1. The molecule has 0 saturated carbocycles. The number of amides is 1. The van der Waals surface area contributed by atoms with Crippen LogP contribution < -0.4 is 10.1 Å². The molecule has 6 nitrogen and oxygen atoms in total. The molecule has 1 fully saturated rings. The van der Waals surface area contributed by atoms with E-state index in [2.05, 4.69) is 5.32 Å². The number of hydrogen-bond donors (Lipinski definition) is 2. The largest absolute Gasteiger partial charge is 0.484 e. The molecule has 0 spiro atoms. The van der Waals surface area contributed by atoms with Gasteiger partial charge in [-0.05, 0) is 38.3 Å². The van der Waals surface area contributed by atoms with Crippen LogP contribution in [0, 0.1) is 19.8 Å². The molecule has 23 heavy (non-hydrogen) atoms. The number of aliphatic carboxylic acids is 1. The molecule has 0 radical (unpaired) electrons. The van der Waals surface area contributed by atoms with E-state index in [-0.39, 0.29) is 12.5 Å². The zero-order valence-corrected chi connectivity index (χ0v) is 13.5. The lowest BCUT2D eigenvalue weighted by atomic mass is 9.93. The van der Waals surface area contributed by atoms with E-state index in [1.54, 1.807) is 0 Å². The van der Waals surface area contributed by atoms with Crippen LogP contribution in [-0.2, 0) is 14.3 Å². The predicted octanol–water partition coefficient (Wildman–Crippen LogP) is 1.68. The summed E-state index contributed by atoms with van der Waals surface area (Å²) >= 11 is 0. The van der Waals surface area contributed by atoms with Gasteiger partial charge >= 0.3 is 5.97 Å². The summed E-state index contributed by atoms with van der Waals surface area (Å²) in [6, 6.07) is 4.74. The average molecular weight is 321 g/mol. The number of aryl methyl sites for hydroxylation is 2. The van der Waals surface area contributed by atoms with E-state index in [1.807, 2.05) is 32.0 Å². The lowest BCUT2D eigenvalue weighted by molar-refractivity contribution is -0.145. The van der Waals surface area contributed by atoms with Crippen LogP contribution in [0.15, 0.2) is 18.2 Å². The Balaban J connectivity index is 1.90. The first-order valence-corrected chi connectivity index (χ1v) is 7.77. The minimum Gasteiger partial charge on any atom is -0.484 e. The standard InChI is InChI=1S/C17H23NO5/c1-11-5-6-14(12(2)8-11)23-10-15(19)18-16(17(20)21)13-4-3-7-22-9-13/h5-6,8,13,16H,3-4,7,9-10H2,1-2H3,(H,18,19)(H,20,21). The smallest absolute Gasteiger partial charge is 0.326 e. The summed E-state index contributed by atoms with van der Waals surface area (Å²) < 4.78 is 10.8. The van der Waals surface area contributed by atoms with Crippen LogP contribution in [0.2, 0.25) is 0 Å². The Hall–Kier alpha value is -2.08. The first-order valence-electron chi connectivity index (χ1n) is 7.77. The number of carboxylic acid groups (broad SMARTS) is 1. The quantitative estimate of drug-likeness (QED) is 0.833. The zero-order valence-electron chi connectivity index (χ0n) is 13.5. The topological polar surface area (TPSA) is 84.9 Å². The molecule has 2 N–H and O–H groups in total. The van der Waals surface area contributed by atoms with Crippen molar-refractivity contribution in [2.75, 3.05) is 19.8 Å². The Labute approximate surface area is 135 Å². The summed E-state index contributed by atoms with van der Waals surface area (Å²) in [4.78, 5) is 23.4. The third-order valence-corrected chi connectivity index (χ3v) is 3.94. The van der Waals surface area contributed by atoms with Crippen LogP contribution in [0.3, 0.4) is 0 Å². The lowest BCUT2D eigenvalue weighted by Gasteiger charge is -2.28. The van der Waals surface area contributed by atoms with Crippen molar-refractivity contribution in [3.05, 3.63) is 29.3 Å². The number of ether oxygens (including phenoxy) is 2. The number of benzene rings is 1. The van der Waals surface area contributed by atoms with Crippen LogP contribution in [-0.4, -0.2) is 42.8 Å². The normalized spacial score (nSPS) is 19.0. The molecule has 0 bridgehead atoms. The maximum atomic E-state index is 12.0. The van der Waals surface area contributed by atoms with Gasteiger partial charge in [0.2, 0.25) is 0 Å². The van der Waals surface area contributed by atoms with Crippen LogP contribution in [0.25, 0.3) is 0 Å². The van der Waals surface area contributed by atoms with Gasteiger partial charge in [0.1, 0.15) is 11.8 Å². The number of carboxylic acids is 1. The van der Waals surface area contributed by atoms with Crippen molar-refractivity contribution < 1.29 is 24.2 Å². The Bertz CT molecular complexity index is 566. The minimum absolute atomic E-state index is 0.202. The molecule has 1 aliphatic heterocycles. The van der Waals surface area contributed by atoms with Crippen molar-refractivity contribution in [1.29, 1.82) is 0 Å². The number of hydrogen-bond acceptors (Lipinski definition) is 4. The monoisotopic (exact) mass is 321 g/mol. The Morgan fingerprint density at radius 1 is 1.43 bits per heavy atom. The summed E-state index contributed by atoms with van der Waals surface area (Å²) in [7, 11) is 0. The van der Waals surface area contributed by atoms with Crippen LogP contribution >= 0.6 is 0 Å². The van der Waals surface area contributed by atoms with Gasteiger partial charge in [-0.3, -0.25) is 4.79 Å². The highest BCUT2D eigenvalue weighted by atomic mass is 16.5. The van der Waals surface area contributed by atoms with Crippen molar-refractivity contribution in [2.24, 2.45) is 5.92 Å². The second-order valence-electron chi connectivity index (χ2n) is 5.92. The third kappa shape index (κ3) is 4.96. The van der Waals surface area contributed by atoms with E-state index < -0.39 is 17.9 Å². The molecule has 1 amide bonds. The van der Waals surface area contributed by atoms with Crippen molar-refractivity contribution in [3.63, 3.8) is 0 Å². The van der Waals surface area contributed by atoms with Crippen molar-refractivity contribution >= 4 is 11.9 Å². The molecule has 1 aliphatic rings. The highest BCUT2D eigenvalue weighted by Gasteiger charge is 2.31. The highest BCUT2D eigenvalue weighted by molar-refractivity contribution is 5.84. The molecule has 1 aromatic carbocycles. The molecule has 0 aromatic heterocycles. The van der Waals surface area contributed by atoms with Gasteiger partial charge in [-0.2, -0.15) is 0 Å². The Morgan fingerprint density at radius 3 is 2.83 bits per heavy atom. The number of rotatable bonds is 6. The highest BCUT2D eigenvalue weighted by Crippen LogP contribution is 2.19. The SMILES string of the molecule is Cc1ccc(OCC(=O)NC(C(=O)O)C2CCCOC2)c(C)c1. The fourth-order valence-corrected chi connectivity index (χ4v) is 2.73. The summed E-state index contributed by atoms with van der Waals surface area (Å²) in [5, 5.41) is 11.9. The van der Waals surface area contributed by atoms with Crippen molar-refractivity contribution in [2.45, 2.75) is 32.7 Å². The predicted molar refractivity (Wildman–Crippen MR) is 84.5 cm³/mol. The molecule has 1 heterocycles. The maximum Gasteiger partial charge on any atom is 0.326 e. The van der Waals surface area contributed by atoms with E-state index in [4.69, 9.17) is 9.47 Å². The van der Waals surface area contributed by atoms with E-state index in [9.17, 15) is 14.7 Å². The second kappa shape index (κ2) is 7.97. The first kappa shape index (κ1) is 17.3. The molecular formula is C17H23NO5. The lowest BCUT2D eigenvalue weighted by Crippen LogP contribution is -2.49. The molecular weight excluding hydrogens is 298 g/mol. The van der Waals surface area contributed by atoms with Gasteiger partial charge in [0.25, 0.3) is 5.91 Å². The molecule has 126 valence electrons.